The van der Waals surface area contributed by atoms with Gasteiger partial charge in [-0.2, -0.15) is 0 Å². The SMILES string of the molecule is CC.CC.CCC(C)C.CCn1cc(C(=O)O)c(=O)c2cc(N3CCN(CCO)CC3)ccc21. The summed E-state index contributed by atoms with van der Waals surface area (Å²) in [4.78, 5) is 28.3. The third-order valence-corrected chi connectivity index (χ3v) is 5.61. The Balaban J connectivity index is 0.00000106. The van der Waals surface area contributed by atoms with E-state index >= 15 is 0 Å². The van der Waals surface area contributed by atoms with E-state index in [1.54, 1.807) is 10.6 Å². The maximum atomic E-state index is 12.6. The van der Waals surface area contributed by atoms with E-state index < -0.39 is 11.4 Å². The number of fused-ring (bicyclic) bond motifs is 1. The minimum Gasteiger partial charge on any atom is -0.477 e. The van der Waals surface area contributed by atoms with Crippen LogP contribution in [0.25, 0.3) is 10.9 Å². The van der Waals surface area contributed by atoms with Gasteiger partial charge in [0, 0.05) is 56.5 Å². The number of aromatic nitrogens is 1. The fraction of sp³-hybridized carbons (Fsp3) is 0.630. The molecule has 1 aromatic carbocycles. The number of rotatable bonds is 6. The van der Waals surface area contributed by atoms with Gasteiger partial charge in [-0.3, -0.25) is 9.69 Å². The van der Waals surface area contributed by atoms with Gasteiger partial charge in [-0.1, -0.05) is 54.9 Å². The smallest absolute Gasteiger partial charge is 0.341 e. The van der Waals surface area contributed by atoms with E-state index in [9.17, 15) is 14.7 Å². The van der Waals surface area contributed by atoms with Crippen LogP contribution < -0.4 is 10.3 Å². The molecule has 0 aliphatic carbocycles. The molecule has 1 aliphatic rings. The third kappa shape index (κ3) is 9.11. The number of carbonyl (C=O) groups is 1. The van der Waals surface area contributed by atoms with E-state index in [0.717, 1.165) is 43.3 Å². The van der Waals surface area contributed by atoms with Crippen molar-refractivity contribution in [2.45, 2.75) is 68.4 Å². The molecule has 0 unspecified atom stereocenters. The minimum absolute atomic E-state index is 0.157. The first-order valence-corrected chi connectivity index (χ1v) is 12.8. The molecule has 7 nitrogen and oxygen atoms in total. The zero-order valence-electron chi connectivity index (χ0n) is 22.6. The summed E-state index contributed by atoms with van der Waals surface area (Å²) in [5.41, 5.74) is 1.05. The highest BCUT2D eigenvalue weighted by atomic mass is 16.4. The summed E-state index contributed by atoms with van der Waals surface area (Å²) in [6, 6.07) is 5.68. The number of piperazine rings is 1. The van der Waals surface area contributed by atoms with Crippen LogP contribution in [0.3, 0.4) is 0 Å². The molecule has 0 bridgehead atoms. The number of pyridine rings is 1. The lowest BCUT2D eigenvalue weighted by Gasteiger charge is -2.35. The second-order valence-corrected chi connectivity index (χ2v) is 8.02. The van der Waals surface area contributed by atoms with Crippen LogP contribution in [-0.2, 0) is 6.54 Å². The Morgan fingerprint density at radius 3 is 2.03 bits per heavy atom. The van der Waals surface area contributed by atoms with Gasteiger partial charge in [0.1, 0.15) is 5.56 Å². The summed E-state index contributed by atoms with van der Waals surface area (Å²) in [5.74, 6) is -0.313. The highest BCUT2D eigenvalue weighted by Gasteiger charge is 2.19. The van der Waals surface area contributed by atoms with Crippen molar-refractivity contribution in [2.75, 3.05) is 44.2 Å². The molecule has 1 fully saturated rings. The Labute approximate surface area is 206 Å². The van der Waals surface area contributed by atoms with Crippen molar-refractivity contribution in [1.82, 2.24) is 9.47 Å². The molecule has 194 valence electrons. The molecule has 1 aliphatic heterocycles. The third-order valence-electron chi connectivity index (χ3n) is 5.61. The quantitative estimate of drug-likeness (QED) is 0.613. The number of aliphatic hydroxyl groups is 1. The van der Waals surface area contributed by atoms with Crippen LogP contribution in [0.5, 0.6) is 0 Å². The summed E-state index contributed by atoms with van der Waals surface area (Å²) < 4.78 is 1.79. The van der Waals surface area contributed by atoms with Gasteiger partial charge in [0.15, 0.2) is 0 Å². The molecule has 1 saturated heterocycles. The lowest BCUT2D eigenvalue weighted by atomic mass is 10.1. The van der Waals surface area contributed by atoms with Gasteiger partial charge in [-0.15, -0.1) is 0 Å². The van der Waals surface area contributed by atoms with Crippen molar-refractivity contribution >= 4 is 22.6 Å². The normalized spacial score (nSPS) is 13.3. The Morgan fingerprint density at radius 1 is 1.03 bits per heavy atom. The first-order valence-electron chi connectivity index (χ1n) is 12.8. The predicted molar refractivity (Wildman–Crippen MR) is 144 cm³/mol. The van der Waals surface area contributed by atoms with Crippen molar-refractivity contribution in [3.05, 3.63) is 40.2 Å². The molecule has 0 amide bonds. The average Bonchev–Trinajstić information content (AvgIpc) is 2.87. The van der Waals surface area contributed by atoms with Gasteiger partial charge in [0.25, 0.3) is 0 Å². The molecule has 34 heavy (non-hydrogen) atoms. The van der Waals surface area contributed by atoms with Gasteiger partial charge >= 0.3 is 5.97 Å². The highest BCUT2D eigenvalue weighted by Crippen LogP contribution is 2.22. The lowest BCUT2D eigenvalue weighted by Crippen LogP contribution is -2.47. The van der Waals surface area contributed by atoms with Gasteiger partial charge in [0.05, 0.1) is 12.1 Å². The first kappa shape index (κ1) is 31.6. The number of aromatic carboxylic acids is 1. The summed E-state index contributed by atoms with van der Waals surface area (Å²) in [5, 5.41) is 18.8. The van der Waals surface area contributed by atoms with Gasteiger partial charge in [-0.05, 0) is 31.0 Å². The molecule has 0 atom stereocenters. The number of aliphatic hydroxyl groups excluding tert-OH is 1. The zero-order chi connectivity index (χ0) is 26.3. The van der Waals surface area contributed by atoms with Crippen LogP contribution in [-0.4, -0.2) is 65.0 Å². The van der Waals surface area contributed by atoms with Crippen molar-refractivity contribution in [3.63, 3.8) is 0 Å². The number of hydrogen-bond acceptors (Lipinski definition) is 5. The Kier molecular flexibility index (Phi) is 15.9. The molecule has 1 aromatic heterocycles. The molecule has 3 rings (SSSR count). The van der Waals surface area contributed by atoms with Crippen LogP contribution in [0.1, 0.15) is 72.2 Å². The summed E-state index contributed by atoms with van der Waals surface area (Å²) >= 11 is 0. The van der Waals surface area contributed by atoms with E-state index in [1.807, 2.05) is 46.8 Å². The second kappa shape index (κ2) is 17.1. The van der Waals surface area contributed by atoms with Crippen LogP contribution in [0, 0.1) is 5.92 Å². The van der Waals surface area contributed by atoms with E-state index in [2.05, 4.69) is 30.6 Å². The number of carboxylic acid groups (broad SMARTS) is 1. The van der Waals surface area contributed by atoms with Crippen molar-refractivity contribution < 1.29 is 15.0 Å². The summed E-state index contributed by atoms with van der Waals surface area (Å²) in [6.45, 7) is 21.3. The molecular weight excluding hydrogens is 430 g/mol. The minimum atomic E-state index is -1.20. The van der Waals surface area contributed by atoms with Crippen LogP contribution >= 0.6 is 0 Å². The van der Waals surface area contributed by atoms with Crippen molar-refractivity contribution in [3.8, 4) is 0 Å². The molecule has 2 heterocycles. The average molecular weight is 478 g/mol. The van der Waals surface area contributed by atoms with E-state index in [-0.39, 0.29) is 12.2 Å². The second-order valence-electron chi connectivity index (χ2n) is 8.02. The summed E-state index contributed by atoms with van der Waals surface area (Å²) in [7, 11) is 0. The van der Waals surface area contributed by atoms with E-state index in [0.29, 0.717) is 18.5 Å². The number of β-amino-alcohol motifs (C(OH)–C–C–N with tert-alkyl or cyclic N) is 1. The van der Waals surface area contributed by atoms with Crippen molar-refractivity contribution in [2.24, 2.45) is 5.92 Å². The van der Waals surface area contributed by atoms with Gasteiger partial charge in [0.2, 0.25) is 5.43 Å². The fourth-order valence-corrected chi connectivity index (χ4v) is 3.37. The Bertz CT molecular complexity index is 901. The van der Waals surface area contributed by atoms with Gasteiger partial charge in [-0.25, -0.2) is 4.79 Å². The maximum Gasteiger partial charge on any atom is 0.341 e. The molecule has 0 radical (unpaired) electrons. The molecule has 0 saturated carbocycles. The number of nitrogens with zero attached hydrogens (tertiary/aromatic N) is 3. The topological polar surface area (TPSA) is 86.0 Å². The Morgan fingerprint density at radius 2 is 1.59 bits per heavy atom. The zero-order valence-corrected chi connectivity index (χ0v) is 22.6. The number of aryl methyl sites for hydroxylation is 1. The largest absolute Gasteiger partial charge is 0.477 e. The molecule has 2 aromatic rings. The molecule has 2 N–H and O–H groups in total. The van der Waals surface area contributed by atoms with Crippen LogP contribution in [0.4, 0.5) is 5.69 Å². The number of anilines is 1. The lowest BCUT2D eigenvalue weighted by molar-refractivity contribution is 0.0695. The predicted octanol–water partition coefficient (Wildman–Crippen LogP) is 4.94. The van der Waals surface area contributed by atoms with Crippen LogP contribution in [0.15, 0.2) is 29.2 Å². The number of benzene rings is 1. The van der Waals surface area contributed by atoms with Crippen molar-refractivity contribution in [1.29, 1.82) is 0 Å². The van der Waals surface area contributed by atoms with E-state index in [1.165, 1.54) is 12.6 Å². The number of hydrogen-bond donors (Lipinski definition) is 2. The number of carboxylic acids is 1. The Hall–Kier alpha value is -2.38. The summed E-state index contributed by atoms with van der Waals surface area (Å²) in [6.07, 6.45) is 2.72. The molecule has 0 spiro atoms. The standard InChI is InChI=1S/C18H23N3O4.C5H12.2C2H6/c1-2-20-12-15(18(24)25)17(23)14-11-13(3-4-16(14)20)21-7-5-19(6-8-21)9-10-22;1-4-5(2)3;2*1-2/h3-4,11-12,22H,2,5-10H2,1H3,(H,24,25);5H,4H2,1-3H3;2*1-2H3. The fourth-order valence-electron chi connectivity index (χ4n) is 3.37. The highest BCUT2D eigenvalue weighted by molar-refractivity contribution is 5.93. The van der Waals surface area contributed by atoms with Crippen LogP contribution in [0.2, 0.25) is 0 Å². The first-order chi connectivity index (χ1) is 16.3. The maximum absolute atomic E-state index is 12.6. The monoisotopic (exact) mass is 477 g/mol. The van der Waals surface area contributed by atoms with E-state index in [4.69, 9.17) is 5.11 Å². The van der Waals surface area contributed by atoms with Gasteiger partial charge < -0.3 is 19.7 Å². The molecule has 7 heteroatoms. The molecular formula is C27H47N3O4.